The van der Waals surface area contributed by atoms with Crippen molar-refractivity contribution >= 4 is 18.3 Å². The normalized spacial score (nSPS) is 18.6. The molecule has 1 aromatic heterocycles. The Kier molecular flexibility index (Phi) is 5.76. The van der Waals surface area contributed by atoms with Gasteiger partial charge in [0.05, 0.1) is 5.69 Å². The first-order chi connectivity index (χ1) is 11.8. The molecule has 0 radical (unpaired) electrons. The molecule has 1 aliphatic carbocycles. The zero-order chi connectivity index (χ0) is 16.4. The third-order valence-electron chi connectivity index (χ3n) is 5.15. The molecule has 0 saturated carbocycles. The maximum absolute atomic E-state index is 12.6. The smallest absolute Gasteiger partial charge is 0.272 e. The number of halogens is 1. The molecular formula is C19H25ClN4O. The van der Waals surface area contributed by atoms with Gasteiger partial charge in [-0.25, -0.2) is 4.68 Å². The molecule has 2 aliphatic rings. The van der Waals surface area contributed by atoms with E-state index in [4.69, 9.17) is 0 Å². The van der Waals surface area contributed by atoms with Crippen LogP contribution in [0.1, 0.15) is 41.0 Å². The van der Waals surface area contributed by atoms with Gasteiger partial charge in [0.2, 0.25) is 0 Å². The van der Waals surface area contributed by atoms with E-state index < -0.39 is 0 Å². The number of amides is 1. The average molecular weight is 361 g/mol. The third kappa shape index (κ3) is 3.72. The minimum atomic E-state index is -0.0196. The third-order valence-corrected chi connectivity index (χ3v) is 5.15. The van der Waals surface area contributed by atoms with E-state index in [0.717, 1.165) is 56.6 Å². The molecule has 2 aromatic rings. The van der Waals surface area contributed by atoms with Crippen LogP contribution in [0.5, 0.6) is 0 Å². The molecule has 1 amide bonds. The van der Waals surface area contributed by atoms with Crippen LogP contribution >= 0.6 is 12.4 Å². The van der Waals surface area contributed by atoms with Gasteiger partial charge in [0.15, 0.2) is 5.69 Å². The van der Waals surface area contributed by atoms with E-state index in [-0.39, 0.29) is 18.3 Å². The summed E-state index contributed by atoms with van der Waals surface area (Å²) in [6.07, 6.45) is 5.32. The van der Waals surface area contributed by atoms with Gasteiger partial charge in [0, 0.05) is 17.8 Å². The zero-order valence-corrected chi connectivity index (χ0v) is 15.1. The predicted molar refractivity (Wildman–Crippen MR) is 101 cm³/mol. The molecular weight excluding hydrogens is 336 g/mol. The Morgan fingerprint density at radius 2 is 2.12 bits per heavy atom. The molecule has 1 fully saturated rings. The number of hydrogen-bond acceptors (Lipinski definition) is 3. The molecule has 1 unspecified atom stereocenters. The van der Waals surface area contributed by atoms with Gasteiger partial charge in [0.25, 0.3) is 5.91 Å². The fourth-order valence-corrected chi connectivity index (χ4v) is 3.84. The van der Waals surface area contributed by atoms with Gasteiger partial charge in [-0.3, -0.25) is 4.79 Å². The van der Waals surface area contributed by atoms with Crippen molar-refractivity contribution in [3.05, 3.63) is 47.3 Å². The lowest BCUT2D eigenvalue weighted by atomic mass is 10.1. The van der Waals surface area contributed by atoms with Gasteiger partial charge < -0.3 is 10.6 Å². The Balaban J connectivity index is 0.00000182. The fourth-order valence-electron chi connectivity index (χ4n) is 3.84. The van der Waals surface area contributed by atoms with Crippen molar-refractivity contribution in [2.45, 2.75) is 32.1 Å². The van der Waals surface area contributed by atoms with Crippen molar-refractivity contribution < 1.29 is 4.79 Å². The van der Waals surface area contributed by atoms with Crippen molar-refractivity contribution in [2.24, 2.45) is 5.92 Å². The summed E-state index contributed by atoms with van der Waals surface area (Å²) in [5, 5.41) is 11.1. The average Bonchev–Trinajstić information content (AvgIpc) is 3.33. The van der Waals surface area contributed by atoms with E-state index in [9.17, 15) is 4.79 Å². The van der Waals surface area contributed by atoms with Gasteiger partial charge in [-0.1, -0.05) is 18.2 Å². The minimum absolute atomic E-state index is 0. The lowest BCUT2D eigenvalue weighted by molar-refractivity contribution is 0.0945. The highest BCUT2D eigenvalue weighted by Gasteiger charge is 2.26. The van der Waals surface area contributed by atoms with Crippen molar-refractivity contribution in [1.29, 1.82) is 0 Å². The van der Waals surface area contributed by atoms with Crippen molar-refractivity contribution in [2.75, 3.05) is 19.6 Å². The minimum Gasteiger partial charge on any atom is -0.351 e. The zero-order valence-electron chi connectivity index (χ0n) is 14.3. The number of carbonyl (C=O) groups excluding carboxylic acids is 1. The molecule has 25 heavy (non-hydrogen) atoms. The lowest BCUT2D eigenvalue weighted by Crippen LogP contribution is -2.27. The Labute approximate surface area is 154 Å². The highest BCUT2D eigenvalue weighted by molar-refractivity contribution is 5.94. The van der Waals surface area contributed by atoms with Crippen molar-refractivity contribution in [3.63, 3.8) is 0 Å². The van der Waals surface area contributed by atoms with Crippen LogP contribution in [0, 0.1) is 5.92 Å². The first kappa shape index (κ1) is 18.0. The molecule has 2 N–H and O–H groups in total. The van der Waals surface area contributed by atoms with Crippen LogP contribution in [0.4, 0.5) is 0 Å². The van der Waals surface area contributed by atoms with Gasteiger partial charge in [-0.05, 0) is 63.2 Å². The monoisotopic (exact) mass is 360 g/mol. The van der Waals surface area contributed by atoms with Crippen molar-refractivity contribution in [1.82, 2.24) is 20.4 Å². The number of rotatable bonds is 5. The first-order valence-electron chi connectivity index (χ1n) is 8.98. The summed E-state index contributed by atoms with van der Waals surface area (Å²) in [4.78, 5) is 12.6. The first-order valence-corrected chi connectivity index (χ1v) is 8.98. The number of nitrogens with zero attached hydrogens (tertiary/aromatic N) is 2. The summed E-state index contributed by atoms with van der Waals surface area (Å²) in [5.74, 6) is 0.673. The number of carbonyl (C=O) groups is 1. The molecule has 1 atom stereocenters. The van der Waals surface area contributed by atoms with Crippen molar-refractivity contribution in [3.8, 4) is 5.69 Å². The standard InChI is InChI=1S/C19H24N4O.ClH/c24-19(21-12-10-14-9-11-20-13-14)18-16-7-4-8-17(16)23(22-18)15-5-2-1-3-6-15;/h1-3,5-6,14,20H,4,7-13H2,(H,21,24);1H. The molecule has 0 bridgehead atoms. The maximum Gasteiger partial charge on any atom is 0.272 e. The number of benzene rings is 1. The molecule has 1 aromatic carbocycles. The van der Waals surface area contributed by atoms with Gasteiger partial charge in [-0.15, -0.1) is 12.4 Å². The molecule has 4 rings (SSSR count). The number of aromatic nitrogens is 2. The fraction of sp³-hybridized carbons (Fsp3) is 0.474. The second kappa shape index (κ2) is 8.02. The predicted octanol–water partition coefficient (Wildman–Crippen LogP) is 2.51. The van der Waals surface area contributed by atoms with Crippen LogP contribution in [0.25, 0.3) is 5.69 Å². The van der Waals surface area contributed by atoms with E-state index in [2.05, 4.69) is 15.7 Å². The summed E-state index contributed by atoms with van der Waals surface area (Å²) >= 11 is 0. The number of hydrogen-bond donors (Lipinski definition) is 2. The van der Waals surface area contributed by atoms with Gasteiger partial charge in [0.1, 0.15) is 0 Å². The Bertz CT molecular complexity index is 723. The van der Waals surface area contributed by atoms with Gasteiger partial charge in [-0.2, -0.15) is 5.10 Å². The Morgan fingerprint density at radius 3 is 2.88 bits per heavy atom. The summed E-state index contributed by atoms with van der Waals surface area (Å²) in [7, 11) is 0. The van der Waals surface area contributed by atoms with Crippen LogP contribution in [0.2, 0.25) is 0 Å². The summed E-state index contributed by atoms with van der Waals surface area (Å²) in [6.45, 7) is 2.92. The van der Waals surface area contributed by atoms with E-state index in [0.29, 0.717) is 11.6 Å². The lowest BCUT2D eigenvalue weighted by Gasteiger charge is -2.09. The quantitative estimate of drug-likeness (QED) is 0.861. The van der Waals surface area contributed by atoms with E-state index in [1.165, 1.54) is 12.1 Å². The molecule has 2 heterocycles. The van der Waals surface area contributed by atoms with E-state index in [1.807, 2.05) is 35.0 Å². The SMILES string of the molecule is Cl.O=C(NCCC1CCNC1)c1nn(-c2ccccc2)c2c1CCC2. The molecule has 134 valence electrons. The Morgan fingerprint density at radius 1 is 1.28 bits per heavy atom. The molecule has 5 nitrogen and oxygen atoms in total. The number of para-hydroxylation sites is 1. The van der Waals surface area contributed by atoms with E-state index >= 15 is 0 Å². The summed E-state index contributed by atoms with van der Waals surface area (Å²) in [6, 6.07) is 10.1. The molecule has 1 saturated heterocycles. The van der Waals surface area contributed by atoms with Gasteiger partial charge >= 0.3 is 0 Å². The van der Waals surface area contributed by atoms with Crippen LogP contribution in [0.3, 0.4) is 0 Å². The molecule has 0 spiro atoms. The number of fused-ring (bicyclic) bond motifs is 1. The summed E-state index contributed by atoms with van der Waals surface area (Å²) in [5.41, 5.74) is 3.99. The largest absolute Gasteiger partial charge is 0.351 e. The highest BCUT2D eigenvalue weighted by atomic mass is 35.5. The molecule has 6 heteroatoms. The van der Waals surface area contributed by atoms with Crippen LogP contribution < -0.4 is 10.6 Å². The van der Waals surface area contributed by atoms with Crippen LogP contribution in [0.15, 0.2) is 30.3 Å². The van der Waals surface area contributed by atoms with Crippen LogP contribution in [-0.4, -0.2) is 35.3 Å². The second-order valence-corrected chi connectivity index (χ2v) is 6.78. The molecule has 1 aliphatic heterocycles. The maximum atomic E-state index is 12.6. The number of nitrogens with one attached hydrogen (secondary N) is 2. The summed E-state index contributed by atoms with van der Waals surface area (Å²) < 4.78 is 1.96. The highest BCUT2D eigenvalue weighted by Crippen LogP contribution is 2.27. The van der Waals surface area contributed by atoms with Crippen LogP contribution in [-0.2, 0) is 12.8 Å². The topological polar surface area (TPSA) is 59.0 Å². The second-order valence-electron chi connectivity index (χ2n) is 6.78. The van der Waals surface area contributed by atoms with E-state index in [1.54, 1.807) is 0 Å². The Hall–Kier alpha value is -1.85.